The number of piperidine rings is 1. The maximum absolute atomic E-state index is 10.2. The Bertz CT molecular complexity index is 445. The van der Waals surface area contributed by atoms with Crippen molar-refractivity contribution in [3.05, 3.63) is 29.8 Å². The summed E-state index contributed by atoms with van der Waals surface area (Å²) in [5.74, 6) is 0.866. The first kappa shape index (κ1) is 18.2. The lowest BCUT2D eigenvalue weighted by Gasteiger charge is -2.26. The predicted molar refractivity (Wildman–Crippen MR) is 95.0 cm³/mol. The summed E-state index contributed by atoms with van der Waals surface area (Å²) in [7, 11) is 4.04. The summed E-state index contributed by atoms with van der Waals surface area (Å²) < 4.78 is 5.87. The predicted octanol–water partition coefficient (Wildman–Crippen LogP) is 2.93. The van der Waals surface area contributed by atoms with Crippen molar-refractivity contribution in [1.29, 1.82) is 0 Å². The molecule has 2 rings (SSSR count). The van der Waals surface area contributed by atoms with Gasteiger partial charge < -0.3 is 19.6 Å². The summed E-state index contributed by atoms with van der Waals surface area (Å²) in [6.07, 6.45) is 5.45. The molecule has 1 fully saturated rings. The van der Waals surface area contributed by atoms with Gasteiger partial charge in [0.1, 0.15) is 5.75 Å². The molecular weight excluding hydrogens is 288 g/mol. The van der Waals surface area contributed by atoms with Gasteiger partial charge >= 0.3 is 0 Å². The molecule has 1 aliphatic rings. The fraction of sp³-hybridized carbons (Fsp3) is 0.684. The quantitative estimate of drug-likeness (QED) is 0.710. The van der Waals surface area contributed by atoms with Crippen LogP contribution in [0.1, 0.15) is 43.8 Å². The third-order valence-electron chi connectivity index (χ3n) is 4.43. The van der Waals surface area contributed by atoms with Crippen LogP contribution >= 0.6 is 0 Å². The fourth-order valence-corrected chi connectivity index (χ4v) is 3.02. The molecule has 0 saturated carbocycles. The van der Waals surface area contributed by atoms with Gasteiger partial charge in [0, 0.05) is 13.1 Å². The normalized spacial score (nSPS) is 17.4. The van der Waals surface area contributed by atoms with Crippen molar-refractivity contribution in [3.8, 4) is 5.75 Å². The van der Waals surface area contributed by atoms with E-state index in [0.29, 0.717) is 0 Å². The number of rotatable bonds is 9. The largest absolute Gasteiger partial charge is 0.494 e. The topological polar surface area (TPSA) is 35.9 Å². The minimum absolute atomic E-state index is 0.422. The van der Waals surface area contributed by atoms with Crippen molar-refractivity contribution in [2.24, 2.45) is 0 Å². The Morgan fingerprint density at radius 3 is 2.74 bits per heavy atom. The van der Waals surface area contributed by atoms with Gasteiger partial charge in [0.25, 0.3) is 0 Å². The van der Waals surface area contributed by atoms with E-state index < -0.39 is 6.10 Å². The number of aliphatic hydroxyl groups is 1. The second-order valence-corrected chi connectivity index (χ2v) is 6.78. The molecule has 1 heterocycles. The SMILES string of the molecule is CN(C)CCC(O)c1cccc(OCCCN2CCCCC2)c1. The molecular formula is C19H32N2O2. The number of aliphatic hydroxyl groups excluding tert-OH is 1. The Kier molecular flexibility index (Phi) is 7.86. The first-order valence-electron chi connectivity index (χ1n) is 8.93. The summed E-state index contributed by atoms with van der Waals surface area (Å²) in [5.41, 5.74) is 0.945. The van der Waals surface area contributed by atoms with Crippen molar-refractivity contribution in [2.75, 3.05) is 46.9 Å². The monoisotopic (exact) mass is 320 g/mol. The molecule has 0 spiro atoms. The van der Waals surface area contributed by atoms with Crippen LogP contribution in [0.25, 0.3) is 0 Å². The molecule has 1 aliphatic heterocycles. The minimum atomic E-state index is -0.422. The molecule has 4 heteroatoms. The summed E-state index contributed by atoms with van der Waals surface area (Å²) in [4.78, 5) is 4.62. The number of likely N-dealkylation sites (tertiary alicyclic amines) is 1. The lowest BCUT2D eigenvalue weighted by molar-refractivity contribution is 0.153. The van der Waals surface area contributed by atoms with E-state index in [-0.39, 0.29) is 0 Å². The number of hydrogen-bond donors (Lipinski definition) is 1. The smallest absolute Gasteiger partial charge is 0.119 e. The minimum Gasteiger partial charge on any atom is -0.494 e. The van der Waals surface area contributed by atoms with Crippen LogP contribution in [0, 0.1) is 0 Å². The lowest BCUT2D eigenvalue weighted by atomic mass is 10.1. The number of nitrogens with zero attached hydrogens (tertiary/aromatic N) is 2. The van der Waals surface area contributed by atoms with Crippen LogP contribution in [-0.2, 0) is 0 Å². The standard InChI is InChI=1S/C19H32N2O2/c1-20(2)14-10-19(22)17-8-6-9-18(16-17)23-15-7-13-21-11-4-3-5-12-21/h6,8-9,16,19,22H,3-5,7,10-15H2,1-2H3. The summed E-state index contributed by atoms with van der Waals surface area (Å²) >= 11 is 0. The fourth-order valence-electron chi connectivity index (χ4n) is 3.02. The van der Waals surface area contributed by atoms with E-state index in [4.69, 9.17) is 4.74 Å². The van der Waals surface area contributed by atoms with E-state index in [0.717, 1.165) is 43.9 Å². The summed E-state index contributed by atoms with van der Waals surface area (Å²) in [6, 6.07) is 7.89. The van der Waals surface area contributed by atoms with E-state index in [1.807, 2.05) is 38.4 Å². The van der Waals surface area contributed by atoms with Gasteiger partial charge in [-0.2, -0.15) is 0 Å². The molecule has 1 saturated heterocycles. The highest BCUT2D eigenvalue weighted by Crippen LogP contribution is 2.22. The van der Waals surface area contributed by atoms with E-state index in [9.17, 15) is 5.11 Å². The molecule has 1 aromatic carbocycles. The highest BCUT2D eigenvalue weighted by molar-refractivity contribution is 5.29. The van der Waals surface area contributed by atoms with Gasteiger partial charge in [0.2, 0.25) is 0 Å². The zero-order valence-corrected chi connectivity index (χ0v) is 14.7. The van der Waals surface area contributed by atoms with Gasteiger partial charge in [-0.1, -0.05) is 18.6 Å². The summed E-state index contributed by atoms with van der Waals surface area (Å²) in [5, 5.41) is 10.2. The third-order valence-corrected chi connectivity index (χ3v) is 4.43. The third kappa shape index (κ3) is 6.90. The van der Waals surface area contributed by atoms with Crippen molar-refractivity contribution < 1.29 is 9.84 Å². The Labute approximate surface area is 141 Å². The number of ether oxygens (including phenoxy) is 1. The average molecular weight is 320 g/mol. The van der Waals surface area contributed by atoms with Crippen molar-refractivity contribution >= 4 is 0 Å². The highest BCUT2D eigenvalue weighted by Gasteiger charge is 2.10. The Hall–Kier alpha value is -1.10. The second-order valence-electron chi connectivity index (χ2n) is 6.78. The van der Waals surface area contributed by atoms with Crippen molar-refractivity contribution in [3.63, 3.8) is 0 Å². The summed E-state index contributed by atoms with van der Waals surface area (Å²) in [6.45, 7) is 5.24. The Morgan fingerprint density at radius 2 is 2.00 bits per heavy atom. The molecule has 0 radical (unpaired) electrons. The van der Waals surface area contributed by atoms with Gasteiger partial charge in [-0.15, -0.1) is 0 Å². The lowest BCUT2D eigenvalue weighted by Crippen LogP contribution is -2.31. The van der Waals surface area contributed by atoms with Crippen molar-refractivity contribution in [1.82, 2.24) is 9.80 Å². The first-order chi connectivity index (χ1) is 11.1. The molecule has 1 aromatic rings. The molecule has 1 unspecified atom stereocenters. The van der Waals surface area contributed by atoms with Crippen LogP contribution in [-0.4, -0.2) is 61.8 Å². The molecule has 1 N–H and O–H groups in total. The zero-order valence-electron chi connectivity index (χ0n) is 14.7. The van der Waals surface area contributed by atoms with Gasteiger partial charge in [-0.3, -0.25) is 0 Å². The van der Waals surface area contributed by atoms with Gasteiger partial charge in [-0.05, 0) is 70.6 Å². The first-order valence-corrected chi connectivity index (χ1v) is 8.93. The van der Waals surface area contributed by atoms with Crippen LogP contribution in [0.5, 0.6) is 5.75 Å². The number of hydrogen-bond acceptors (Lipinski definition) is 4. The maximum atomic E-state index is 10.2. The van der Waals surface area contributed by atoms with Crippen LogP contribution in [0.2, 0.25) is 0 Å². The van der Waals surface area contributed by atoms with Crippen LogP contribution in [0.3, 0.4) is 0 Å². The van der Waals surface area contributed by atoms with E-state index in [1.165, 1.54) is 32.4 Å². The van der Waals surface area contributed by atoms with Gasteiger partial charge in [-0.25, -0.2) is 0 Å². The van der Waals surface area contributed by atoms with Crippen LogP contribution < -0.4 is 4.74 Å². The van der Waals surface area contributed by atoms with E-state index >= 15 is 0 Å². The highest BCUT2D eigenvalue weighted by atomic mass is 16.5. The maximum Gasteiger partial charge on any atom is 0.119 e. The van der Waals surface area contributed by atoms with Gasteiger partial charge in [0.05, 0.1) is 12.7 Å². The second kappa shape index (κ2) is 9.91. The molecule has 130 valence electrons. The van der Waals surface area contributed by atoms with Crippen molar-refractivity contribution in [2.45, 2.75) is 38.2 Å². The van der Waals surface area contributed by atoms with Gasteiger partial charge in [0.15, 0.2) is 0 Å². The zero-order chi connectivity index (χ0) is 16.5. The molecule has 0 amide bonds. The Balaban J connectivity index is 1.71. The molecule has 4 nitrogen and oxygen atoms in total. The molecule has 0 bridgehead atoms. The van der Waals surface area contributed by atoms with E-state index in [2.05, 4.69) is 9.80 Å². The Morgan fingerprint density at radius 1 is 1.22 bits per heavy atom. The number of benzene rings is 1. The van der Waals surface area contributed by atoms with Crippen LogP contribution in [0.15, 0.2) is 24.3 Å². The molecule has 0 aromatic heterocycles. The molecule has 1 atom stereocenters. The van der Waals surface area contributed by atoms with Crippen LogP contribution in [0.4, 0.5) is 0 Å². The average Bonchev–Trinajstić information content (AvgIpc) is 2.58. The van der Waals surface area contributed by atoms with E-state index in [1.54, 1.807) is 0 Å². The molecule has 0 aliphatic carbocycles. The molecule has 23 heavy (non-hydrogen) atoms.